The van der Waals surface area contributed by atoms with Gasteiger partial charge in [-0.2, -0.15) is 0 Å². The summed E-state index contributed by atoms with van der Waals surface area (Å²) in [5.74, 6) is 0.0879. The fraction of sp³-hybridized carbons (Fsp3) is 0.381. The van der Waals surface area contributed by atoms with Crippen molar-refractivity contribution >= 4 is 5.91 Å². The van der Waals surface area contributed by atoms with E-state index in [-0.39, 0.29) is 11.9 Å². The highest BCUT2D eigenvalue weighted by molar-refractivity contribution is 5.79. The van der Waals surface area contributed by atoms with Crippen molar-refractivity contribution in [3.8, 4) is 0 Å². The molecule has 0 spiro atoms. The van der Waals surface area contributed by atoms with E-state index in [0.717, 1.165) is 5.56 Å². The van der Waals surface area contributed by atoms with Crippen molar-refractivity contribution in [1.82, 2.24) is 5.32 Å². The SMILES string of the molecule is Cc1ccc(CC(=O)N[C@H](C)c2ccc3c(c2)CCC3)c(C)c1. The van der Waals surface area contributed by atoms with E-state index in [2.05, 4.69) is 62.5 Å². The number of aryl methyl sites for hydroxylation is 4. The van der Waals surface area contributed by atoms with E-state index in [4.69, 9.17) is 0 Å². The minimum Gasteiger partial charge on any atom is -0.349 e. The molecular weight excluding hydrogens is 282 g/mol. The Morgan fingerprint density at radius 2 is 1.87 bits per heavy atom. The molecule has 1 amide bonds. The zero-order chi connectivity index (χ0) is 16.4. The summed E-state index contributed by atoms with van der Waals surface area (Å²) in [5.41, 5.74) is 7.66. The number of carbonyl (C=O) groups is 1. The van der Waals surface area contributed by atoms with Crippen molar-refractivity contribution in [2.45, 2.75) is 52.5 Å². The predicted molar refractivity (Wildman–Crippen MR) is 94.6 cm³/mol. The average molecular weight is 307 g/mol. The normalized spacial score (nSPS) is 14.4. The summed E-state index contributed by atoms with van der Waals surface area (Å²) in [7, 11) is 0. The van der Waals surface area contributed by atoms with E-state index in [0.29, 0.717) is 6.42 Å². The Morgan fingerprint density at radius 1 is 1.09 bits per heavy atom. The summed E-state index contributed by atoms with van der Waals surface area (Å²) in [6, 6.07) is 13.0. The lowest BCUT2D eigenvalue weighted by Gasteiger charge is -2.16. The van der Waals surface area contributed by atoms with Crippen LogP contribution >= 0.6 is 0 Å². The first-order valence-corrected chi connectivity index (χ1v) is 8.50. The first-order valence-electron chi connectivity index (χ1n) is 8.50. The predicted octanol–water partition coefficient (Wildman–Crippen LogP) is 4.21. The van der Waals surface area contributed by atoms with Crippen LogP contribution in [0, 0.1) is 13.8 Å². The van der Waals surface area contributed by atoms with Crippen molar-refractivity contribution in [3.05, 3.63) is 69.8 Å². The first kappa shape index (κ1) is 15.8. The topological polar surface area (TPSA) is 29.1 Å². The fourth-order valence-electron chi connectivity index (χ4n) is 3.45. The summed E-state index contributed by atoms with van der Waals surface area (Å²) in [4.78, 5) is 12.4. The van der Waals surface area contributed by atoms with Crippen LogP contribution in [0.2, 0.25) is 0 Å². The van der Waals surface area contributed by atoms with Crippen LogP contribution in [0.15, 0.2) is 36.4 Å². The summed E-state index contributed by atoms with van der Waals surface area (Å²) in [6.07, 6.45) is 4.07. The molecule has 0 radical (unpaired) electrons. The maximum absolute atomic E-state index is 12.4. The van der Waals surface area contributed by atoms with Crippen molar-refractivity contribution in [2.75, 3.05) is 0 Å². The second kappa shape index (κ2) is 6.57. The zero-order valence-corrected chi connectivity index (χ0v) is 14.3. The molecule has 3 rings (SSSR count). The number of fused-ring (bicyclic) bond motifs is 1. The highest BCUT2D eigenvalue weighted by Crippen LogP contribution is 2.25. The summed E-state index contributed by atoms with van der Waals surface area (Å²) >= 11 is 0. The minimum atomic E-state index is 0.0548. The van der Waals surface area contributed by atoms with E-state index < -0.39 is 0 Å². The molecular formula is C21H25NO. The Labute approximate surface area is 138 Å². The second-order valence-corrected chi connectivity index (χ2v) is 6.78. The van der Waals surface area contributed by atoms with Crippen LogP contribution in [0.25, 0.3) is 0 Å². The summed E-state index contributed by atoms with van der Waals surface area (Å²) in [5, 5.41) is 3.14. The van der Waals surface area contributed by atoms with E-state index in [9.17, 15) is 4.79 Å². The van der Waals surface area contributed by atoms with Crippen LogP contribution in [-0.4, -0.2) is 5.91 Å². The zero-order valence-electron chi connectivity index (χ0n) is 14.3. The van der Waals surface area contributed by atoms with Gasteiger partial charge in [-0.15, -0.1) is 0 Å². The van der Waals surface area contributed by atoms with Gasteiger partial charge in [0.05, 0.1) is 12.5 Å². The fourth-order valence-corrected chi connectivity index (χ4v) is 3.45. The van der Waals surface area contributed by atoms with Crippen LogP contribution in [0.3, 0.4) is 0 Å². The van der Waals surface area contributed by atoms with Crippen molar-refractivity contribution in [1.29, 1.82) is 0 Å². The number of hydrogen-bond acceptors (Lipinski definition) is 1. The van der Waals surface area contributed by atoms with Gasteiger partial charge in [0.15, 0.2) is 0 Å². The summed E-state index contributed by atoms with van der Waals surface area (Å²) < 4.78 is 0. The van der Waals surface area contributed by atoms with Gasteiger partial charge < -0.3 is 5.32 Å². The maximum Gasteiger partial charge on any atom is 0.224 e. The van der Waals surface area contributed by atoms with Gasteiger partial charge in [0, 0.05) is 0 Å². The molecule has 23 heavy (non-hydrogen) atoms. The second-order valence-electron chi connectivity index (χ2n) is 6.78. The molecule has 0 fully saturated rings. The molecule has 1 N–H and O–H groups in total. The van der Waals surface area contributed by atoms with Gasteiger partial charge >= 0.3 is 0 Å². The van der Waals surface area contributed by atoms with E-state index >= 15 is 0 Å². The lowest BCUT2D eigenvalue weighted by molar-refractivity contribution is -0.121. The lowest BCUT2D eigenvalue weighted by Crippen LogP contribution is -2.28. The third-order valence-electron chi connectivity index (χ3n) is 4.85. The molecule has 1 aliphatic rings. The highest BCUT2D eigenvalue weighted by atomic mass is 16.1. The van der Waals surface area contributed by atoms with Crippen LogP contribution < -0.4 is 5.32 Å². The smallest absolute Gasteiger partial charge is 0.224 e. The Hall–Kier alpha value is -2.09. The number of carbonyl (C=O) groups excluding carboxylic acids is 1. The van der Waals surface area contributed by atoms with Crippen LogP contribution in [0.5, 0.6) is 0 Å². The van der Waals surface area contributed by atoms with Crippen LogP contribution in [0.1, 0.15) is 52.8 Å². The molecule has 0 bridgehead atoms. The molecule has 1 atom stereocenters. The van der Waals surface area contributed by atoms with E-state index in [1.54, 1.807) is 0 Å². The number of rotatable bonds is 4. The van der Waals surface area contributed by atoms with Crippen LogP contribution in [0.4, 0.5) is 0 Å². The third-order valence-corrected chi connectivity index (χ3v) is 4.85. The Bertz CT molecular complexity index is 733. The van der Waals surface area contributed by atoms with Crippen LogP contribution in [-0.2, 0) is 24.1 Å². The Morgan fingerprint density at radius 3 is 2.65 bits per heavy atom. The molecule has 1 aliphatic carbocycles. The van der Waals surface area contributed by atoms with E-state index in [1.165, 1.54) is 47.1 Å². The number of hydrogen-bond donors (Lipinski definition) is 1. The molecule has 0 aromatic heterocycles. The number of amides is 1. The van der Waals surface area contributed by atoms with E-state index in [1.807, 2.05) is 0 Å². The maximum atomic E-state index is 12.4. The van der Waals surface area contributed by atoms with Gasteiger partial charge in [-0.1, -0.05) is 42.0 Å². The highest BCUT2D eigenvalue weighted by Gasteiger charge is 2.15. The molecule has 2 nitrogen and oxygen atoms in total. The van der Waals surface area contributed by atoms with Gasteiger partial charge in [0.25, 0.3) is 0 Å². The van der Waals surface area contributed by atoms with Crippen molar-refractivity contribution in [3.63, 3.8) is 0 Å². The monoisotopic (exact) mass is 307 g/mol. The third kappa shape index (κ3) is 3.64. The molecule has 0 saturated heterocycles. The van der Waals surface area contributed by atoms with Crippen molar-refractivity contribution in [2.24, 2.45) is 0 Å². The van der Waals surface area contributed by atoms with Gasteiger partial charge in [-0.25, -0.2) is 0 Å². The minimum absolute atomic E-state index is 0.0548. The first-order chi connectivity index (χ1) is 11.0. The molecule has 2 aromatic carbocycles. The number of benzene rings is 2. The van der Waals surface area contributed by atoms with Crippen molar-refractivity contribution < 1.29 is 4.79 Å². The Kier molecular flexibility index (Phi) is 4.51. The van der Waals surface area contributed by atoms with Gasteiger partial charge in [-0.05, 0) is 67.9 Å². The molecule has 2 heteroatoms. The van der Waals surface area contributed by atoms with Gasteiger partial charge in [-0.3, -0.25) is 4.79 Å². The molecule has 120 valence electrons. The van der Waals surface area contributed by atoms with Gasteiger partial charge in [0.1, 0.15) is 0 Å². The molecule has 0 unspecified atom stereocenters. The largest absolute Gasteiger partial charge is 0.349 e. The molecule has 0 heterocycles. The van der Waals surface area contributed by atoms with Gasteiger partial charge in [0.2, 0.25) is 5.91 Å². The molecule has 0 saturated carbocycles. The summed E-state index contributed by atoms with van der Waals surface area (Å²) in [6.45, 7) is 6.21. The standard InChI is InChI=1S/C21H25NO/c1-14-7-8-18(15(2)11-14)13-21(23)22-16(3)19-10-9-17-5-4-6-20(17)12-19/h7-12,16H,4-6,13H2,1-3H3,(H,22,23)/t16-/m1/s1. The molecule has 0 aliphatic heterocycles. The number of nitrogens with one attached hydrogen (secondary N) is 1. The lowest BCUT2D eigenvalue weighted by atomic mass is 10.0. The quantitative estimate of drug-likeness (QED) is 0.900. The average Bonchev–Trinajstić information content (AvgIpc) is 2.97. The Balaban J connectivity index is 1.65. The molecule has 2 aromatic rings.